The molecule has 0 unspecified atom stereocenters. The largest absolute Gasteiger partial charge is 0.495 e. The van der Waals surface area contributed by atoms with Crippen LogP contribution in [0.15, 0.2) is 27.6 Å². The van der Waals surface area contributed by atoms with Crippen LogP contribution in [0.5, 0.6) is 5.75 Å². The maximum absolute atomic E-state index is 12.0. The Hall–Kier alpha value is -0.860. The zero-order chi connectivity index (χ0) is 12.0. The fraction of sp³-hybridized carbons (Fsp3) is 0.364. The Morgan fingerprint density at radius 1 is 1.56 bits per heavy atom. The van der Waals surface area contributed by atoms with E-state index >= 15 is 0 Å². The Bertz CT molecular complexity index is 428. The highest BCUT2D eigenvalue weighted by atomic mass is 79.9. The molecule has 86 valence electrons. The van der Waals surface area contributed by atoms with E-state index in [1.165, 1.54) is 0 Å². The van der Waals surface area contributed by atoms with Gasteiger partial charge in [-0.3, -0.25) is 4.21 Å². The van der Waals surface area contributed by atoms with Gasteiger partial charge in [-0.15, -0.1) is 0 Å². The van der Waals surface area contributed by atoms with E-state index in [1.54, 1.807) is 19.2 Å². The third-order valence-electron chi connectivity index (χ3n) is 1.99. The maximum atomic E-state index is 12.0. The van der Waals surface area contributed by atoms with Crippen molar-refractivity contribution in [1.29, 1.82) is 5.26 Å². The summed E-state index contributed by atoms with van der Waals surface area (Å²) in [5, 5.41) is 8.41. The standard InChI is InChI=1S/C11H12BrNO2S/c1-15-10-5-4-9(12)8-11(10)16(14)7-3-2-6-13/h4-5,8H,2-3,7H2,1H3/t16-/m0/s1. The molecule has 0 bridgehead atoms. The molecule has 0 aromatic heterocycles. The van der Waals surface area contributed by atoms with Gasteiger partial charge >= 0.3 is 0 Å². The predicted molar refractivity (Wildman–Crippen MR) is 66.8 cm³/mol. The molecule has 0 saturated heterocycles. The molecule has 0 fully saturated rings. The normalized spacial score (nSPS) is 11.8. The van der Waals surface area contributed by atoms with Crippen molar-refractivity contribution < 1.29 is 8.95 Å². The van der Waals surface area contributed by atoms with Gasteiger partial charge in [0.1, 0.15) is 5.75 Å². The van der Waals surface area contributed by atoms with Gasteiger partial charge in [0.05, 0.1) is 28.9 Å². The first-order valence-electron chi connectivity index (χ1n) is 4.78. The summed E-state index contributed by atoms with van der Waals surface area (Å²) in [6.07, 6.45) is 1.07. The molecule has 0 aliphatic heterocycles. The molecule has 0 N–H and O–H groups in total. The van der Waals surface area contributed by atoms with Gasteiger partial charge in [-0.1, -0.05) is 15.9 Å². The van der Waals surface area contributed by atoms with Crippen LogP contribution in [-0.2, 0) is 10.8 Å². The number of hydrogen-bond donors (Lipinski definition) is 0. The van der Waals surface area contributed by atoms with Crippen LogP contribution in [-0.4, -0.2) is 17.1 Å². The quantitative estimate of drug-likeness (QED) is 0.786. The summed E-state index contributed by atoms with van der Waals surface area (Å²) in [5.74, 6) is 1.11. The fourth-order valence-corrected chi connectivity index (χ4v) is 2.99. The maximum Gasteiger partial charge on any atom is 0.135 e. The topological polar surface area (TPSA) is 50.1 Å². The average Bonchev–Trinajstić information content (AvgIpc) is 2.29. The highest BCUT2D eigenvalue weighted by Gasteiger charge is 2.10. The van der Waals surface area contributed by atoms with E-state index in [0.29, 0.717) is 29.2 Å². The first-order chi connectivity index (χ1) is 7.69. The van der Waals surface area contributed by atoms with Crippen LogP contribution in [0.2, 0.25) is 0 Å². The average molecular weight is 302 g/mol. The first-order valence-corrected chi connectivity index (χ1v) is 6.89. The van der Waals surface area contributed by atoms with Gasteiger partial charge in [0, 0.05) is 16.6 Å². The van der Waals surface area contributed by atoms with Crippen LogP contribution in [0.4, 0.5) is 0 Å². The van der Waals surface area contributed by atoms with E-state index in [9.17, 15) is 4.21 Å². The highest BCUT2D eigenvalue weighted by molar-refractivity contribution is 9.10. The van der Waals surface area contributed by atoms with E-state index in [-0.39, 0.29) is 0 Å². The van der Waals surface area contributed by atoms with Crippen LogP contribution in [0, 0.1) is 11.3 Å². The Morgan fingerprint density at radius 2 is 2.31 bits per heavy atom. The third-order valence-corrected chi connectivity index (χ3v) is 3.95. The van der Waals surface area contributed by atoms with E-state index in [0.717, 1.165) is 4.47 Å². The lowest BCUT2D eigenvalue weighted by atomic mass is 10.3. The molecule has 1 rings (SSSR count). The number of halogens is 1. The second kappa shape index (κ2) is 6.66. The van der Waals surface area contributed by atoms with Gasteiger partial charge in [-0.2, -0.15) is 5.26 Å². The van der Waals surface area contributed by atoms with Crippen molar-refractivity contribution in [1.82, 2.24) is 0 Å². The smallest absolute Gasteiger partial charge is 0.135 e. The number of hydrogen-bond acceptors (Lipinski definition) is 3. The molecule has 0 aliphatic rings. The Kier molecular flexibility index (Phi) is 5.50. The molecule has 16 heavy (non-hydrogen) atoms. The SMILES string of the molecule is COc1ccc(Br)cc1[S@@](=O)CCCC#N. The van der Waals surface area contributed by atoms with Crippen LogP contribution in [0.3, 0.4) is 0 Å². The summed E-state index contributed by atoms with van der Waals surface area (Å²) in [7, 11) is 0.442. The van der Waals surface area contributed by atoms with Crippen LogP contribution in [0.1, 0.15) is 12.8 Å². The van der Waals surface area contributed by atoms with Crippen molar-refractivity contribution in [3.05, 3.63) is 22.7 Å². The molecular weight excluding hydrogens is 290 g/mol. The summed E-state index contributed by atoms with van der Waals surface area (Å²) < 4.78 is 18.0. The van der Waals surface area contributed by atoms with Gasteiger partial charge in [-0.25, -0.2) is 0 Å². The molecule has 0 aliphatic carbocycles. The monoisotopic (exact) mass is 301 g/mol. The molecule has 1 atom stereocenters. The lowest BCUT2D eigenvalue weighted by Gasteiger charge is -2.08. The number of benzene rings is 1. The minimum atomic E-state index is -1.11. The molecule has 1 aromatic carbocycles. The fourth-order valence-electron chi connectivity index (χ4n) is 1.22. The zero-order valence-electron chi connectivity index (χ0n) is 8.90. The van der Waals surface area contributed by atoms with Crippen molar-refractivity contribution in [3.63, 3.8) is 0 Å². The van der Waals surface area contributed by atoms with Crippen molar-refractivity contribution in [2.45, 2.75) is 17.7 Å². The molecule has 0 saturated carbocycles. The number of nitriles is 1. The second-order valence-corrected chi connectivity index (χ2v) is 5.56. The minimum Gasteiger partial charge on any atom is -0.495 e. The summed E-state index contributed by atoms with van der Waals surface area (Å²) >= 11 is 3.33. The molecule has 0 radical (unpaired) electrons. The number of methoxy groups -OCH3 is 1. The van der Waals surface area contributed by atoms with Crippen molar-refractivity contribution in [2.75, 3.05) is 12.9 Å². The summed E-state index contributed by atoms with van der Waals surface area (Å²) in [4.78, 5) is 0.676. The summed E-state index contributed by atoms with van der Waals surface area (Å²) in [6.45, 7) is 0. The van der Waals surface area contributed by atoms with E-state index in [2.05, 4.69) is 15.9 Å². The van der Waals surface area contributed by atoms with Crippen LogP contribution >= 0.6 is 15.9 Å². The van der Waals surface area contributed by atoms with Gasteiger partial charge in [0.2, 0.25) is 0 Å². The summed E-state index contributed by atoms with van der Waals surface area (Å²) in [5.41, 5.74) is 0. The molecule has 5 heteroatoms. The van der Waals surface area contributed by atoms with Crippen molar-refractivity contribution >= 4 is 26.7 Å². The Labute approximate surface area is 106 Å². The minimum absolute atomic E-state index is 0.433. The van der Waals surface area contributed by atoms with Crippen molar-refractivity contribution in [3.8, 4) is 11.8 Å². The predicted octanol–water partition coefficient (Wildman–Crippen LogP) is 2.87. The number of rotatable bonds is 5. The van der Waals surface area contributed by atoms with Gasteiger partial charge < -0.3 is 4.74 Å². The van der Waals surface area contributed by atoms with Gasteiger partial charge in [0.25, 0.3) is 0 Å². The van der Waals surface area contributed by atoms with Gasteiger partial charge in [0.15, 0.2) is 0 Å². The third kappa shape index (κ3) is 3.62. The Balaban J connectivity index is 2.81. The molecular formula is C11H12BrNO2S. The highest BCUT2D eigenvalue weighted by Crippen LogP contribution is 2.26. The van der Waals surface area contributed by atoms with E-state index in [4.69, 9.17) is 10.00 Å². The molecule has 0 spiro atoms. The second-order valence-electron chi connectivity index (χ2n) is 3.11. The number of ether oxygens (including phenoxy) is 1. The van der Waals surface area contributed by atoms with Crippen LogP contribution < -0.4 is 4.74 Å². The van der Waals surface area contributed by atoms with E-state index in [1.807, 2.05) is 12.1 Å². The first kappa shape index (κ1) is 13.2. The van der Waals surface area contributed by atoms with Crippen LogP contribution in [0.25, 0.3) is 0 Å². The zero-order valence-corrected chi connectivity index (χ0v) is 11.3. The lowest BCUT2D eigenvalue weighted by Crippen LogP contribution is -2.00. The molecule has 3 nitrogen and oxygen atoms in total. The lowest BCUT2D eigenvalue weighted by molar-refractivity contribution is 0.404. The summed E-state index contributed by atoms with van der Waals surface area (Å²) in [6, 6.07) is 7.45. The molecule has 0 heterocycles. The van der Waals surface area contributed by atoms with Gasteiger partial charge in [-0.05, 0) is 24.6 Å². The van der Waals surface area contributed by atoms with Crippen molar-refractivity contribution in [2.24, 2.45) is 0 Å². The number of unbranched alkanes of at least 4 members (excludes halogenated alkanes) is 1. The number of nitrogens with zero attached hydrogens (tertiary/aromatic N) is 1. The molecule has 1 aromatic rings. The van der Waals surface area contributed by atoms with E-state index < -0.39 is 10.8 Å². The molecule has 0 amide bonds. The Morgan fingerprint density at radius 3 is 2.94 bits per heavy atom.